The van der Waals surface area contributed by atoms with Gasteiger partial charge in [-0.15, -0.1) is 11.6 Å². The van der Waals surface area contributed by atoms with E-state index < -0.39 is 0 Å². The zero-order valence-electron chi connectivity index (χ0n) is 9.44. The van der Waals surface area contributed by atoms with Crippen LogP contribution < -0.4 is 0 Å². The molecule has 0 amide bonds. The third-order valence-electron chi connectivity index (χ3n) is 3.95. The fraction of sp³-hybridized carbons (Fsp3) is 1.00. The summed E-state index contributed by atoms with van der Waals surface area (Å²) in [5, 5.41) is 0.415. The summed E-state index contributed by atoms with van der Waals surface area (Å²) in [4.78, 5) is 0. The van der Waals surface area contributed by atoms with Crippen molar-refractivity contribution in [3.63, 3.8) is 0 Å². The lowest BCUT2D eigenvalue weighted by molar-refractivity contribution is 0.137. The molecular formula is C12H23Cl. The van der Waals surface area contributed by atoms with Gasteiger partial charge < -0.3 is 0 Å². The molecule has 3 atom stereocenters. The van der Waals surface area contributed by atoms with Gasteiger partial charge in [0.25, 0.3) is 0 Å². The van der Waals surface area contributed by atoms with Crippen molar-refractivity contribution in [2.45, 2.75) is 58.8 Å². The molecule has 1 aliphatic rings. The summed E-state index contributed by atoms with van der Waals surface area (Å²) in [6.07, 6.45) is 5.17. The highest BCUT2D eigenvalue weighted by atomic mass is 35.5. The van der Waals surface area contributed by atoms with Crippen LogP contribution in [0.15, 0.2) is 0 Å². The lowest BCUT2D eigenvalue weighted by Crippen LogP contribution is -2.35. The van der Waals surface area contributed by atoms with E-state index in [0.717, 1.165) is 11.8 Å². The van der Waals surface area contributed by atoms with Gasteiger partial charge in [0.15, 0.2) is 0 Å². The van der Waals surface area contributed by atoms with E-state index in [9.17, 15) is 0 Å². The van der Waals surface area contributed by atoms with E-state index in [1.165, 1.54) is 25.7 Å². The Hall–Kier alpha value is 0.290. The minimum Gasteiger partial charge on any atom is -0.123 e. The fourth-order valence-electron chi connectivity index (χ4n) is 2.45. The second-order valence-electron chi connectivity index (χ2n) is 5.38. The summed E-state index contributed by atoms with van der Waals surface area (Å²) in [5.74, 6) is 1.57. The van der Waals surface area contributed by atoms with Gasteiger partial charge in [0, 0.05) is 5.38 Å². The van der Waals surface area contributed by atoms with Crippen LogP contribution in [-0.2, 0) is 0 Å². The van der Waals surface area contributed by atoms with Crippen LogP contribution in [0.1, 0.15) is 53.4 Å². The Labute approximate surface area is 88.1 Å². The lowest BCUT2D eigenvalue weighted by Gasteiger charge is -2.41. The molecule has 0 N–H and O–H groups in total. The van der Waals surface area contributed by atoms with Crippen molar-refractivity contribution in [2.24, 2.45) is 17.3 Å². The molecule has 13 heavy (non-hydrogen) atoms. The molecule has 0 aromatic heterocycles. The Morgan fingerprint density at radius 2 is 1.92 bits per heavy atom. The number of hydrogen-bond acceptors (Lipinski definition) is 0. The fourth-order valence-corrected chi connectivity index (χ4v) is 3.23. The van der Waals surface area contributed by atoms with Gasteiger partial charge in [-0.25, -0.2) is 0 Å². The van der Waals surface area contributed by atoms with Crippen LogP contribution in [0, 0.1) is 17.3 Å². The van der Waals surface area contributed by atoms with E-state index in [1.54, 1.807) is 0 Å². The first-order valence-corrected chi connectivity index (χ1v) is 6.05. The molecule has 1 rings (SSSR count). The SMILES string of the molecule is CCC(C)(C)C1CCC(C)CC1Cl. The van der Waals surface area contributed by atoms with E-state index in [0.29, 0.717) is 10.8 Å². The zero-order chi connectivity index (χ0) is 10.1. The average Bonchev–Trinajstić information content (AvgIpc) is 2.03. The van der Waals surface area contributed by atoms with Gasteiger partial charge in [-0.1, -0.05) is 40.5 Å². The summed E-state index contributed by atoms with van der Waals surface area (Å²) < 4.78 is 0. The third-order valence-corrected chi connectivity index (χ3v) is 4.43. The quantitative estimate of drug-likeness (QED) is 0.580. The van der Waals surface area contributed by atoms with Crippen molar-refractivity contribution < 1.29 is 0 Å². The molecule has 78 valence electrons. The molecule has 1 fully saturated rings. The van der Waals surface area contributed by atoms with E-state index in [4.69, 9.17) is 11.6 Å². The molecular weight excluding hydrogens is 180 g/mol. The highest BCUT2D eigenvalue weighted by Gasteiger charge is 2.36. The molecule has 1 aliphatic carbocycles. The van der Waals surface area contributed by atoms with Gasteiger partial charge in [-0.2, -0.15) is 0 Å². The predicted molar refractivity (Wildman–Crippen MR) is 60.2 cm³/mol. The number of alkyl halides is 1. The van der Waals surface area contributed by atoms with E-state index >= 15 is 0 Å². The van der Waals surface area contributed by atoms with Crippen LogP contribution in [0.4, 0.5) is 0 Å². The predicted octanol–water partition coefficient (Wildman–Crippen LogP) is 4.47. The van der Waals surface area contributed by atoms with Crippen molar-refractivity contribution in [2.75, 3.05) is 0 Å². The first-order valence-electron chi connectivity index (χ1n) is 5.61. The first kappa shape index (κ1) is 11.4. The van der Waals surface area contributed by atoms with Crippen molar-refractivity contribution in [3.8, 4) is 0 Å². The third kappa shape index (κ3) is 2.62. The molecule has 0 nitrogen and oxygen atoms in total. The Morgan fingerprint density at radius 3 is 2.38 bits per heavy atom. The second-order valence-corrected chi connectivity index (χ2v) is 5.94. The summed E-state index contributed by atoms with van der Waals surface area (Å²) in [6.45, 7) is 9.33. The van der Waals surface area contributed by atoms with Crippen molar-refractivity contribution in [3.05, 3.63) is 0 Å². The molecule has 1 heteroatoms. The topological polar surface area (TPSA) is 0 Å². The maximum atomic E-state index is 6.44. The Morgan fingerprint density at radius 1 is 1.31 bits per heavy atom. The standard InChI is InChI=1S/C12H23Cl/c1-5-12(3,4)10-7-6-9(2)8-11(10)13/h9-11H,5-8H2,1-4H3. The monoisotopic (exact) mass is 202 g/mol. The largest absolute Gasteiger partial charge is 0.123 e. The van der Waals surface area contributed by atoms with Crippen LogP contribution in [0.2, 0.25) is 0 Å². The number of rotatable bonds is 2. The summed E-state index contributed by atoms with van der Waals surface area (Å²) in [6, 6.07) is 0. The van der Waals surface area contributed by atoms with Crippen LogP contribution in [0.25, 0.3) is 0 Å². The van der Waals surface area contributed by atoms with Gasteiger partial charge in [0.05, 0.1) is 0 Å². The number of halogens is 1. The van der Waals surface area contributed by atoms with Gasteiger partial charge in [0.2, 0.25) is 0 Å². The molecule has 0 heterocycles. The summed E-state index contributed by atoms with van der Waals surface area (Å²) in [7, 11) is 0. The smallest absolute Gasteiger partial charge is 0.0371 e. The second kappa shape index (κ2) is 4.21. The Kier molecular flexibility index (Phi) is 3.68. The van der Waals surface area contributed by atoms with Gasteiger partial charge in [-0.3, -0.25) is 0 Å². The van der Waals surface area contributed by atoms with E-state index in [1.807, 2.05) is 0 Å². The molecule has 0 bridgehead atoms. The molecule has 0 saturated heterocycles. The van der Waals surface area contributed by atoms with Gasteiger partial charge >= 0.3 is 0 Å². The molecule has 0 aromatic carbocycles. The van der Waals surface area contributed by atoms with Crippen molar-refractivity contribution >= 4 is 11.6 Å². The highest BCUT2D eigenvalue weighted by molar-refractivity contribution is 6.20. The van der Waals surface area contributed by atoms with Gasteiger partial charge in [-0.05, 0) is 30.1 Å². The molecule has 0 aromatic rings. The minimum absolute atomic E-state index is 0.415. The Bertz CT molecular complexity index is 163. The highest BCUT2D eigenvalue weighted by Crippen LogP contribution is 2.44. The maximum absolute atomic E-state index is 6.44. The minimum atomic E-state index is 0.415. The molecule has 3 unspecified atom stereocenters. The van der Waals surface area contributed by atoms with Crippen LogP contribution in [-0.4, -0.2) is 5.38 Å². The zero-order valence-corrected chi connectivity index (χ0v) is 10.2. The lowest BCUT2D eigenvalue weighted by atomic mass is 9.67. The summed E-state index contributed by atoms with van der Waals surface area (Å²) in [5.41, 5.74) is 0.437. The van der Waals surface area contributed by atoms with Gasteiger partial charge in [0.1, 0.15) is 0 Å². The average molecular weight is 203 g/mol. The molecule has 0 aliphatic heterocycles. The molecule has 1 saturated carbocycles. The molecule has 0 radical (unpaired) electrons. The number of hydrogen-bond donors (Lipinski definition) is 0. The van der Waals surface area contributed by atoms with E-state index in [-0.39, 0.29) is 0 Å². The first-order chi connectivity index (χ1) is 5.97. The molecule has 0 spiro atoms. The normalized spacial score (nSPS) is 36.2. The maximum Gasteiger partial charge on any atom is 0.0371 e. The van der Waals surface area contributed by atoms with Crippen LogP contribution >= 0.6 is 11.6 Å². The Balaban J connectivity index is 2.60. The van der Waals surface area contributed by atoms with Crippen LogP contribution in [0.3, 0.4) is 0 Å². The van der Waals surface area contributed by atoms with Crippen molar-refractivity contribution in [1.82, 2.24) is 0 Å². The van der Waals surface area contributed by atoms with Crippen molar-refractivity contribution in [1.29, 1.82) is 0 Å². The van der Waals surface area contributed by atoms with E-state index in [2.05, 4.69) is 27.7 Å². The van der Waals surface area contributed by atoms with Crippen LogP contribution in [0.5, 0.6) is 0 Å². The summed E-state index contributed by atoms with van der Waals surface area (Å²) >= 11 is 6.44.